The summed E-state index contributed by atoms with van der Waals surface area (Å²) in [4.78, 5) is 37.9. The first kappa shape index (κ1) is 17.1. The highest BCUT2D eigenvalue weighted by molar-refractivity contribution is 6.30. The molecule has 0 aromatic heterocycles. The highest BCUT2D eigenvalue weighted by atomic mass is 16.5. The molecule has 2 aromatic rings. The smallest absolute Gasteiger partial charge is 0.338 e. The molecular formula is C21H20O4. The number of esters is 1. The molecule has 0 N–H and O–H groups in total. The number of benzene rings is 2. The molecule has 25 heavy (non-hydrogen) atoms. The third-order valence-electron chi connectivity index (χ3n) is 4.40. The van der Waals surface area contributed by atoms with Crippen LogP contribution in [-0.4, -0.2) is 24.1 Å². The lowest BCUT2D eigenvalue weighted by Crippen LogP contribution is -2.24. The van der Waals surface area contributed by atoms with E-state index in [1.807, 2.05) is 0 Å². The molecule has 0 radical (unpaired) electrons. The molecule has 0 heterocycles. The summed E-state index contributed by atoms with van der Waals surface area (Å²) in [6, 6.07) is 11.4. The molecule has 0 saturated heterocycles. The molecule has 0 saturated carbocycles. The third-order valence-corrected chi connectivity index (χ3v) is 4.40. The second kappa shape index (κ2) is 7.43. The van der Waals surface area contributed by atoms with Crippen LogP contribution in [0.1, 0.15) is 74.8 Å². The van der Waals surface area contributed by atoms with Crippen LogP contribution in [0.5, 0.6) is 0 Å². The van der Waals surface area contributed by atoms with E-state index in [4.69, 9.17) is 4.74 Å². The fraction of sp³-hybridized carbons (Fsp3) is 0.286. The minimum Gasteiger partial charge on any atom is -0.462 e. The number of hydrogen-bond donors (Lipinski definition) is 0. The van der Waals surface area contributed by atoms with Crippen LogP contribution in [-0.2, 0) is 4.74 Å². The van der Waals surface area contributed by atoms with Crippen LogP contribution in [0.15, 0.2) is 42.5 Å². The predicted molar refractivity (Wildman–Crippen MR) is 94.2 cm³/mol. The van der Waals surface area contributed by atoms with Crippen molar-refractivity contribution in [3.05, 3.63) is 70.3 Å². The van der Waals surface area contributed by atoms with Gasteiger partial charge in [0.1, 0.15) is 0 Å². The topological polar surface area (TPSA) is 60.4 Å². The van der Waals surface area contributed by atoms with Crippen molar-refractivity contribution in [2.45, 2.75) is 32.6 Å². The fourth-order valence-electron chi connectivity index (χ4n) is 3.09. The molecule has 0 bridgehead atoms. The Bertz CT molecular complexity index is 836. The number of rotatable bonds is 6. The van der Waals surface area contributed by atoms with E-state index in [2.05, 4.69) is 6.92 Å². The van der Waals surface area contributed by atoms with Gasteiger partial charge in [-0.1, -0.05) is 62.6 Å². The summed E-state index contributed by atoms with van der Waals surface area (Å²) in [5.41, 5.74) is 1.31. The van der Waals surface area contributed by atoms with Gasteiger partial charge in [-0.05, 0) is 12.5 Å². The first-order chi connectivity index (χ1) is 12.1. The lowest BCUT2D eigenvalue weighted by atomic mass is 9.82. The summed E-state index contributed by atoms with van der Waals surface area (Å²) >= 11 is 0. The maximum absolute atomic E-state index is 12.8. The number of carbonyl (C=O) groups excluding carboxylic acids is 3. The molecule has 1 aliphatic rings. The Labute approximate surface area is 146 Å². The Morgan fingerprint density at radius 2 is 1.52 bits per heavy atom. The van der Waals surface area contributed by atoms with Crippen LogP contribution in [0.4, 0.5) is 0 Å². The zero-order valence-corrected chi connectivity index (χ0v) is 14.2. The van der Waals surface area contributed by atoms with Gasteiger partial charge in [0.2, 0.25) is 0 Å². The Morgan fingerprint density at radius 3 is 2.24 bits per heavy atom. The fourth-order valence-corrected chi connectivity index (χ4v) is 3.09. The van der Waals surface area contributed by atoms with Crippen LogP contribution in [0.2, 0.25) is 0 Å². The van der Waals surface area contributed by atoms with Crippen molar-refractivity contribution in [1.29, 1.82) is 0 Å². The summed E-state index contributed by atoms with van der Waals surface area (Å²) in [6.45, 7) is 2.43. The zero-order chi connectivity index (χ0) is 17.8. The Kier molecular flexibility index (Phi) is 5.08. The molecule has 0 atom stereocenters. The van der Waals surface area contributed by atoms with E-state index < -0.39 is 5.97 Å². The van der Waals surface area contributed by atoms with Gasteiger partial charge in [0.25, 0.3) is 0 Å². The number of carbonyl (C=O) groups is 3. The Balaban J connectivity index is 1.88. The van der Waals surface area contributed by atoms with Gasteiger partial charge in [0.05, 0.1) is 12.2 Å². The van der Waals surface area contributed by atoms with E-state index in [9.17, 15) is 14.4 Å². The molecule has 128 valence electrons. The average Bonchev–Trinajstić information content (AvgIpc) is 2.65. The predicted octanol–water partition coefficient (Wildman–Crippen LogP) is 4.20. The van der Waals surface area contributed by atoms with Crippen molar-refractivity contribution in [3.63, 3.8) is 0 Å². The van der Waals surface area contributed by atoms with Gasteiger partial charge in [-0.2, -0.15) is 0 Å². The molecule has 2 aromatic carbocycles. The Hall–Kier alpha value is -2.75. The molecule has 3 rings (SSSR count). The van der Waals surface area contributed by atoms with Crippen molar-refractivity contribution < 1.29 is 19.1 Å². The second-order valence-corrected chi connectivity index (χ2v) is 6.13. The van der Waals surface area contributed by atoms with Gasteiger partial charge < -0.3 is 4.74 Å². The van der Waals surface area contributed by atoms with Gasteiger partial charge in [0, 0.05) is 22.3 Å². The molecule has 0 fully saturated rings. The van der Waals surface area contributed by atoms with E-state index in [-0.39, 0.29) is 28.3 Å². The molecule has 0 amide bonds. The molecule has 0 aliphatic heterocycles. The van der Waals surface area contributed by atoms with Crippen LogP contribution in [0.3, 0.4) is 0 Å². The summed E-state index contributed by atoms with van der Waals surface area (Å²) in [5, 5.41) is 0. The van der Waals surface area contributed by atoms with Crippen LogP contribution < -0.4 is 0 Å². The van der Waals surface area contributed by atoms with E-state index in [0.29, 0.717) is 17.7 Å². The summed E-state index contributed by atoms with van der Waals surface area (Å²) in [6.07, 6.45) is 4.00. The summed E-state index contributed by atoms with van der Waals surface area (Å²) in [5.74, 6) is -1.08. The van der Waals surface area contributed by atoms with Gasteiger partial charge in [-0.25, -0.2) is 4.79 Å². The van der Waals surface area contributed by atoms with E-state index in [1.54, 1.807) is 42.5 Å². The molecule has 4 heteroatoms. The lowest BCUT2D eigenvalue weighted by molar-refractivity contribution is 0.0495. The lowest BCUT2D eigenvalue weighted by Gasteiger charge is -2.19. The minimum absolute atomic E-state index is 0.157. The number of unbranched alkanes of at least 4 members (excludes halogenated alkanes) is 3. The monoisotopic (exact) mass is 336 g/mol. The normalized spacial score (nSPS) is 12.5. The number of ketones is 2. The molecular weight excluding hydrogens is 316 g/mol. The van der Waals surface area contributed by atoms with Crippen molar-refractivity contribution in [3.8, 4) is 0 Å². The average molecular weight is 336 g/mol. The number of hydrogen-bond acceptors (Lipinski definition) is 4. The SMILES string of the molecule is CCCCCCOC(=O)c1cccc2c1C(=O)c1ccccc1C2=O. The van der Waals surface area contributed by atoms with Gasteiger partial charge in [-0.15, -0.1) is 0 Å². The standard InChI is InChI=1S/C21H20O4/c1-2-3-4-7-13-25-21(24)17-12-8-11-16-18(17)20(23)15-10-6-5-9-14(15)19(16)22/h5-6,8-12H,2-4,7,13H2,1H3. The summed E-state index contributed by atoms with van der Waals surface area (Å²) in [7, 11) is 0. The van der Waals surface area contributed by atoms with Crippen molar-refractivity contribution in [1.82, 2.24) is 0 Å². The molecule has 4 nitrogen and oxygen atoms in total. The largest absolute Gasteiger partial charge is 0.462 e. The van der Waals surface area contributed by atoms with Crippen LogP contribution in [0, 0.1) is 0 Å². The van der Waals surface area contributed by atoms with Gasteiger partial charge in [-0.3, -0.25) is 9.59 Å². The highest BCUT2D eigenvalue weighted by Crippen LogP contribution is 2.29. The van der Waals surface area contributed by atoms with Crippen molar-refractivity contribution in [2.24, 2.45) is 0 Å². The highest BCUT2D eigenvalue weighted by Gasteiger charge is 2.33. The van der Waals surface area contributed by atoms with Gasteiger partial charge in [0.15, 0.2) is 11.6 Å². The van der Waals surface area contributed by atoms with E-state index in [0.717, 1.165) is 25.7 Å². The maximum atomic E-state index is 12.8. The maximum Gasteiger partial charge on any atom is 0.338 e. The third kappa shape index (κ3) is 3.25. The Morgan fingerprint density at radius 1 is 0.840 bits per heavy atom. The zero-order valence-electron chi connectivity index (χ0n) is 14.2. The second-order valence-electron chi connectivity index (χ2n) is 6.13. The number of ether oxygens (including phenoxy) is 1. The summed E-state index contributed by atoms with van der Waals surface area (Å²) < 4.78 is 5.31. The van der Waals surface area contributed by atoms with E-state index >= 15 is 0 Å². The molecule has 1 aliphatic carbocycles. The molecule has 0 unspecified atom stereocenters. The minimum atomic E-state index is -0.547. The van der Waals surface area contributed by atoms with Crippen LogP contribution >= 0.6 is 0 Å². The first-order valence-electron chi connectivity index (χ1n) is 8.63. The van der Waals surface area contributed by atoms with Gasteiger partial charge >= 0.3 is 5.97 Å². The van der Waals surface area contributed by atoms with Crippen molar-refractivity contribution >= 4 is 17.5 Å². The quantitative estimate of drug-likeness (QED) is 0.500. The van der Waals surface area contributed by atoms with Crippen molar-refractivity contribution in [2.75, 3.05) is 6.61 Å². The van der Waals surface area contributed by atoms with E-state index in [1.165, 1.54) is 0 Å². The van der Waals surface area contributed by atoms with Crippen LogP contribution in [0.25, 0.3) is 0 Å². The number of fused-ring (bicyclic) bond motifs is 2. The molecule has 0 spiro atoms. The first-order valence-corrected chi connectivity index (χ1v) is 8.63.